The smallest absolute Gasteiger partial charge is 0.411 e. The molecule has 0 amide bonds. The first-order chi connectivity index (χ1) is 7.47. The molecule has 3 nitrogen and oxygen atoms in total. The molecule has 0 saturated carbocycles. The van der Waals surface area contributed by atoms with E-state index in [1.54, 1.807) is 12.1 Å². The van der Waals surface area contributed by atoms with Gasteiger partial charge in [0.2, 0.25) is 0 Å². The minimum Gasteiger partial charge on any atom is -0.490 e. The molecule has 90 valence electrons. The Bertz CT molecular complexity index is 316. The second-order valence-electron chi connectivity index (χ2n) is 2.83. The third-order valence-corrected chi connectivity index (χ3v) is 1.93. The van der Waals surface area contributed by atoms with Crippen LogP contribution in [-0.4, -0.2) is 31.0 Å². The third-order valence-electron chi connectivity index (χ3n) is 1.46. The zero-order valence-corrected chi connectivity index (χ0v) is 9.71. The summed E-state index contributed by atoms with van der Waals surface area (Å²) >= 11 is 3.14. The Balaban J connectivity index is 2.14. The third kappa shape index (κ3) is 5.92. The highest BCUT2D eigenvalue weighted by Gasteiger charge is 2.27. The number of rotatable bonds is 5. The molecule has 0 aliphatic rings. The number of alkyl halides is 3. The van der Waals surface area contributed by atoms with E-state index < -0.39 is 12.8 Å². The van der Waals surface area contributed by atoms with Gasteiger partial charge in [0.15, 0.2) is 0 Å². The highest BCUT2D eigenvalue weighted by molar-refractivity contribution is 9.10. The van der Waals surface area contributed by atoms with E-state index in [0.717, 1.165) is 0 Å². The highest BCUT2D eigenvalue weighted by Crippen LogP contribution is 2.15. The van der Waals surface area contributed by atoms with E-state index in [4.69, 9.17) is 4.74 Å². The number of nitrogens with zero attached hydrogens (tertiary/aromatic N) is 1. The second kappa shape index (κ2) is 6.05. The largest absolute Gasteiger partial charge is 0.490 e. The topological polar surface area (TPSA) is 31.4 Å². The number of halogens is 4. The zero-order valence-electron chi connectivity index (χ0n) is 8.13. The summed E-state index contributed by atoms with van der Waals surface area (Å²) in [5.74, 6) is 0.485. The molecule has 0 fully saturated rings. The van der Waals surface area contributed by atoms with Crippen molar-refractivity contribution in [2.75, 3.05) is 19.8 Å². The van der Waals surface area contributed by atoms with Crippen molar-refractivity contribution < 1.29 is 22.6 Å². The summed E-state index contributed by atoms with van der Waals surface area (Å²) in [6.45, 7) is -1.32. The first-order valence-electron chi connectivity index (χ1n) is 4.36. The summed E-state index contributed by atoms with van der Waals surface area (Å²) < 4.78 is 45.1. The van der Waals surface area contributed by atoms with Crippen LogP contribution in [0, 0.1) is 0 Å². The maximum Gasteiger partial charge on any atom is 0.411 e. The number of ether oxygens (including phenoxy) is 2. The molecule has 1 aromatic rings. The van der Waals surface area contributed by atoms with Crippen LogP contribution in [0.2, 0.25) is 0 Å². The lowest BCUT2D eigenvalue weighted by atomic mass is 10.5. The van der Waals surface area contributed by atoms with Crippen molar-refractivity contribution in [3.05, 3.63) is 22.9 Å². The van der Waals surface area contributed by atoms with Gasteiger partial charge in [-0.1, -0.05) is 0 Å². The van der Waals surface area contributed by atoms with Gasteiger partial charge in [-0.2, -0.15) is 13.2 Å². The Kier molecular flexibility index (Phi) is 5.01. The van der Waals surface area contributed by atoms with E-state index in [1.165, 1.54) is 6.20 Å². The molecule has 0 aliphatic heterocycles. The fraction of sp³-hybridized carbons (Fsp3) is 0.444. The minimum absolute atomic E-state index is 0.0550. The van der Waals surface area contributed by atoms with Crippen LogP contribution in [0.3, 0.4) is 0 Å². The van der Waals surface area contributed by atoms with Gasteiger partial charge in [-0.3, -0.25) is 0 Å². The van der Waals surface area contributed by atoms with Crippen molar-refractivity contribution in [1.29, 1.82) is 0 Å². The highest BCUT2D eigenvalue weighted by atomic mass is 79.9. The SMILES string of the molecule is FC(F)(F)COCCOc1ccc(Br)nc1. The molecule has 0 unspecified atom stereocenters. The van der Waals surface area contributed by atoms with Gasteiger partial charge >= 0.3 is 6.18 Å². The Labute approximate surface area is 98.7 Å². The number of pyridine rings is 1. The second-order valence-corrected chi connectivity index (χ2v) is 3.65. The molecule has 0 atom stereocenters. The maximum absolute atomic E-state index is 11.7. The van der Waals surface area contributed by atoms with Gasteiger partial charge in [0, 0.05) is 0 Å². The van der Waals surface area contributed by atoms with Gasteiger partial charge in [-0.05, 0) is 28.1 Å². The molecule has 16 heavy (non-hydrogen) atoms. The van der Waals surface area contributed by atoms with Gasteiger partial charge in [-0.25, -0.2) is 4.98 Å². The van der Waals surface area contributed by atoms with Crippen molar-refractivity contribution in [2.45, 2.75) is 6.18 Å². The lowest BCUT2D eigenvalue weighted by Gasteiger charge is -2.08. The Hall–Kier alpha value is -0.820. The average molecular weight is 300 g/mol. The zero-order chi connectivity index (χ0) is 12.0. The Morgan fingerprint density at radius 1 is 1.25 bits per heavy atom. The van der Waals surface area contributed by atoms with E-state index in [-0.39, 0.29) is 13.2 Å². The monoisotopic (exact) mass is 299 g/mol. The Morgan fingerprint density at radius 2 is 2.00 bits per heavy atom. The lowest BCUT2D eigenvalue weighted by molar-refractivity contribution is -0.175. The summed E-state index contributed by atoms with van der Waals surface area (Å²) in [6, 6.07) is 3.33. The first-order valence-corrected chi connectivity index (χ1v) is 5.15. The van der Waals surface area contributed by atoms with Crippen molar-refractivity contribution in [3.8, 4) is 5.75 Å². The van der Waals surface area contributed by atoms with E-state index >= 15 is 0 Å². The molecule has 7 heteroatoms. The predicted octanol–water partition coefficient (Wildman–Crippen LogP) is 2.80. The number of hydrogen-bond acceptors (Lipinski definition) is 3. The van der Waals surface area contributed by atoms with Crippen LogP contribution >= 0.6 is 15.9 Å². The fourth-order valence-corrected chi connectivity index (χ4v) is 1.09. The fourth-order valence-electron chi connectivity index (χ4n) is 0.854. The summed E-state index contributed by atoms with van der Waals surface area (Å²) in [7, 11) is 0. The number of aromatic nitrogens is 1. The summed E-state index contributed by atoms with van der Waals surface area (Å²) in [4.78, 5) is 3.89. The average Bonchev–Trinajstić information content (AvgIpc) is 2.19. The summed E-state index contributed by atoms with van der Waals surface area (Å²) in [6.07, 6.45) is -2.83. The van der Waals surface area contributed by atoms with Crippen LogP contribution in [0.15, 0.2) is 22.9 Å². The molecule has 0 bridgehead atoms. The van der Waals surface area contributed by atoms with Crippen LogP contribution in [0.5, 0.6) is 5.75 Å². The molecule has 0 N–H and O–H groups in total. The van der Waals surface area contributed by atoms with Crippen LogP contribution < -0.4 is 4.74 Å². The van der Waals surface area contributed by atoms with Gasteiger partial charge in [-0.15, -0.1) is 0 Å². The molecule has 1 rings (SSSR count). The van der Waals surface area contributed by atoms with Crippen molar-refractivity contribution in [2.24, 2.45) is 0 Å². The van der Waals surface area contributed by atoms with E-state index in [0.29, 0.717) is 10.4 Å². The van der Waals surface area contributed by atoms with Crippen LogP contribution in [-0.2, 0) is 4.74 Å². The molecular formula is C9H9BrF3NO2. The van der Waals surface area contributed by atoms with Gasteiger partial charge in [0.1, 0.15) is 23.6 Å². The maximum atomic E-state index is 11.7. The molecule has 0 saturated heterocycles. The molecule has 0 spiro atoms. The van der Waals surface area contributed by atoms with Crippen LogP contribution in [0.25, 0.3) is 0 Å². The minimum atomic E-state index is -4.29. The van der Waals surface area contributed by atoms with Gasteiger partial charge in [0.25, 0.3) is 0 Å². The molecule has 0 radical (unpaired) electrons. The number of hydrogen-bond donors (Lipinski definition) is 0. The molecule has 1 heterocycles. The molecular weight excluding hydrogens is 291 g/mol. The standard InChI is InChI=1S/C9H9BrF3NO2/c10-8-2-1-7(5-14-8)16-4-3-15-6-9(11,12)13/h1-2,5H,3-4,6H2. The molecule has 1 aromatic heterocycles. The molecule has 0 aromatic carbocycles. The van der Waals surface area contributed by atoms with Crippen molar-refractivity contribution in [1.82, 2.24) is 4.98 Å². The van der Waals surface area contributed by atoms with Crippen LogP contribution in [0.1, 0.15) is 0 Å². The Morgan fingerprint density at radius 3 is 2.56 bits per heavy atom. The predicted molar refractivity (Wildman–Crippen MR) is 54.3 cm³/mol. The normalized spacial score (nSPS) is 11.5. The van der Waals surface area contributed by atoms with Gasteiger partial charge < -0.3 is 9.47 Å². The van der Waals surface area contributed by atoms with Crippen LogP contribution in [0.4, 0.5) is 13.2 Å². The van der Waals surface area contributed by atoms with E-state index in [9.17, 15) is 13.2 Å². The van der Waals surface area contributed by atoms with Gasteiger partial charge in [0.05, 0.1) is 12.8 Å². The van der Waals surface area contributed by atoms with E-state index in [2.05, 4.69) is 25.7 Å². The summed E-state index contributed by atoms with van der Waals surface area (Å²) in [5.41, 5.74) is 0. The van der Waals surface area contributed by atoms with E-state index in [1.807, 2.05) is 0 Å². The molecule has 0 aliphatic carbocycles. The quantitative estimate of drug-likeness (QED) is 0.619. The lowest BCUT2D eigenvalue weighted by Crippen LogP contribution is -2.19. The van der Waals surface area contributed by atoms with Crippen molar-refractivity contribution in [3.63, 3.8) is 0 Å². The summed E-state index contributed by atoms with van der Waals surface area (Å²) in [5, 5.41) is 0. The van der Waals surface area contributed by atoms with Crippen molar-refractivity contribution >= 4 is 15.9 Å². The first kappa shape index (κ1) is 13.2.